The molecule has 0 aliphatic carbocycles. The monoisotopic (exact) mass is 273 g/mol. The van der Waals surface area contributed by atoms with E-state index in [0.717, 1.165) is 5.56 Å². The lowest BCUT2D eigenvalue weighted by atomic mass is 10.1. The zero-order chi connectivity index (χ0) is 14.5. The molecule has 6 heteroatoms. The largest absolute Gasteiger partial charge is 0.481 e. The van der Waals surface area contributed by atoms with Crippen molar-refractivity contribution < 1.29 is 14.6 Å². The molecule has 2 heterocycles. The van der Waals surface area contributed by atoms with E-state index in [1.54, 1.807) is 31.6 Å². The van der Waals surface area contributed by atoms with Crippen LogP contribution in [0.3, 0.4) is 0 Å². The Bertz CT molecular complexity index is 616. The van der Waals surface area contributed by atoms with Gasteiger partial charge in [0.25, 0.3) is 0 Å². The molecule has 1 atom stereocenters. The minimum absolute atomic E-state index is 0.127. The summed E-state index contributed by atoms with van der Waals surface area (Å²) < 4.78 is 5.19. The SMILES string of the molecule is COc1ncccc1C(C)Nc1ncccc1C(=O)O. The molecule has 20 heavy (non-hydrogen) atoms. The Morgan fingerprint density at radius 2 is 2.00 bits per heavy atom. The number of aromatic carboxylic acids is 1. The first-order valence-electron chi connectivity index (χ1n) is 6.07. The minimum Gasteiger partial charge on any atom is -0.481 e. The smallest absolute Gasteiger partial charge is 0.339 e. The standard InChI is InChI=1S/C14H15N3O3/c1-9(10-5-3-8-16-13(10)20-2)17-12-11(14(18)19)6-4-7-15-12/h3-9H,1-2H3,(H,15,17)(H,18,19). The Hall–Kier alpha value is -2.63. The van der Waals surface area contributed by atoms with Gasteiger partial charge in [-0.2, -0.15) is 0 Å². The Morgan fingerprint density at radius 3 is 2.70 bits per heavy atom. The number of ether oxygens (including phenoxy) is 1. The second kappa shape index (κ2) is 6.01. The fourth-order valence-corrected chi connectivity index (χ4v) is 1.88. The quantitative estimate of drug-likeness (QED) is 0.870. The van der Waals surface area contributed by atoms with Gasteiger partial charge in [0.2, 0.25) is 5.88 Å². The summed E-state index contributed by atoms with van der Waals surface area (Å²) >= 11 is 0. The molecular formula is C14H15N3O3. The van der Waals surface area contributed by atoms with Gasteiger partial charge in [-0.25, -0.2) is 14.8 Å². The first-order chi connectivity index (χ1) is 9.63. The molecule has 0 radical (unpaired) electrons. The molecule has 2 aromatic rings. The van der Waals surface area contributed by atoms with Crippen LogP contribution in [-0.4, -0.2) is 28.2 Å². The molecule has 0 fully saturated rings. The number of carboxylic acids is 1. The van der Waals surface area contributed by atoms with Crippen LogP contribution in [0.5, 0.6) is 5.88 Å². The van der Waals surface area contributed by atoms with Crippen LogP contribution in [0.15, 0.2) is 36.7 Å². The Kier molecular flexibility index (Phi) is 4.14. The lowest BCUT2D eigenvalue weighted by Crippen LogP contribution is -2.13. The number of nitrogens with one attached hydrogen (secondary N) is 1. The van der Waals surface area contributed by atoms with Crippen LogP contribution in [0.25, 0.3) is 0 Å². The maximum atomic E-state index is 11.1. The van der Waals surface area contributed by atoms with Crippen molar-refractivity contribution in [3.05, 3.63) is 47.8 Å². The van der Waals surface area contributed by atoms with Gasteiger partial charge in [0, 0.05) is 18.0 Å². The predicted octanol–water partition coefficient (Wildman–Crippen LogP) is 2.36. The number of methoxy groups -OCH3 is 1. The van der Waals surface area contributed by atoms with Gasteiger partial charge >= 0.3 is 5.97 Å². The number of rotatable bonds is 5. The average molecular weight is 273 g/mol. The fraction of sp³-hybridized carbons (Fsp3) is 0.214. The number of carbonyl (C=O) groups is 1. The summed E-state index contributed by atoms with van der Waals surface area (Å²) in [7, 11) is 1.54. The molecule has 0 spiro atoms. The number of hydrogen-bond donors (Lipinski definition) is 2. The fourth-order valence-electron chi connectivity index (χ4n) is 1.88. The molecule has 0 aliphatic heterocycles. The minimum atomic E-state index is -1.02. The molecule has 0 aliphatic rings. The first kappa shape index (κ1) is 13.8. The first-order valence-corrected chi connectivity index (χ1v) is 6.07. The number of carboxylic acid groups (broad SMARTS) is 1. The molecule has 2 rings (SSSR count). The summed E-state index contributed by atoms with van der Waals surface area (Å²) in [4.78, 5) is 19.3. The molecule has 6 nitrogen and oxygen atoms in total. The Labute approximate surface area is 116 Å². The van der Waals surface area contributed by atoms with Crippen molar-refractivity contribution in [2.24, 2.45) is 0 Å². The molecule has 2 aromatic heterocycles. The van der Waals surface area contributed by atoms with Gasteiger partial charge in [-0.1, -0.05) is 6.07 Å². The number of aromatic nitrogens is 2. The summed E-state index contributed by atoms with van der Waals surface area (Å²) in [5.41, 5.74) is 0.958. The van der Waals surface area contributed by atoms with Gasteiger partial charge in [0.1, 0.15) is 11.4 Å². The molecule has 0 bridgehead atoms. The van der Waals surface area contributed by atoms with E-state index in [-0.39, 0.29) is 11.6 Å². The number of nitrogens with zero attached hydrogens (tertiary/aromatic N) is 2. The van der Waals surface area contributed by atoms with E-state index in [0.29, 0.717) is 11.7 Å². The molecule has 104 valence electrons. The number of hydrogen-bond acceptors (Lipinski definition) is 5. The number of pyridine rings is 2. The Balaban J connectivity index is 2.28. The van der Waals surface area contributed by atoms with E-state index >= 15 is 0 Å². The van der Waals surface area contributed by atoms with Crippen molar-refractivity contribution in [1.29, 1.82) is 0 Å². The van der Waals surface area contributed by atoms with Gasteiger partial charge in [-0.3, -0.25) is 0 Å². The van der Waals surface area contributed by atoms with Crippen LogP contribution < -0.4 is 10.1 Å². The van der Waals surface area contributed by atoms with Gasteiger partial charge in [0.15, 0.2) is 0 Å². The molecule has 0 amide bonds. The highest BCUT2D eigenvalue weighted by molar-refractivity contribution is 5.93. The predicted molar refractivity (Wildman–Crippen MR) is 74.0 cm³/mol. The van der Waals surface area contributed by atoms with Gasteiger partial charge in [-0.05, 0) is 25.1 Å². The van der Waals surface area contributed by atoms with Crippen LogP contribution >= 0.6 is 0 Å². The maximum absolute atomic E-state index is 11.1. The van der Waals surface area contributed by atoms with Gasteiger partial charge < -0.3 is 15.2 Å². The van der Waals surface area contributed by atoms with Crippen molar-refractivity contribution in [3.63, 3.8) is 0 Å². The molecule has 1 unspecified atom stereocenters. The second-order valence-corrected chi connectivity index (χ2v) is 4.17. The topological polar surface area (TPSA) is 84.3 Å². The zero-order valence-corrected chi connectivity index (χ0v) is 11.2. The van der Waals surface area contributed by atoms with Crippen LogP contribution in [0.4, 0.5) is 5.82 Å². The highest BCUT2D eigenvalue weighted by Crippen LogP contribution is 2.25. The third-order valence-corrected chi connectivity index (χ3v) is 2.85. The zero-order valence-electron chi connectivity index (χ0n) is 11.2. The van der Waals surface area contributed by atoms with Crippen molar-refractivity contribution >= 4 is 11.8 Å². The Morgan fingerprint density at radius 1 is 1.30 bits per heavy atom. The van der Waals surface area contributed by atoms with Gasteiger partial charge in [-0.15, -0.1) is 0 Å². The third-order valence-electron chi connectivity index (χ3n) is 2.85. The summed E-state index contributed by atoms with van der Waals surface area (Å²) in [6.45, 7) is 1.89. The van der Waals surface area contributed by atoms with E-state index in [2.05, 4.69) is 15.3 Å². The summed E-state index contributed by atoms with van der Waals surface area (Å²) in [6.07, 6.45) is 3.18. The molecule has 0 aromatic carbocycles. The summed E-state index contributed by atoms with van der Waals surface area (Å²) in [5, 5.41) is 12.2. The van der Waals surface area contributed by atoms with Crippen molar-refractivity contribution in [1.82, 2.24) is 9.97 Å². The molecule has 0 saturated heterocycles. The van der Waals surface area contributed by atoms with Crippen molar-refractivity contribution in [2.45, 2.75) is 13.0 Å². The summed E-state index contributed by atoms with van der Waals surface area (Å²) in [6, 6.07) is 6.57. The van der Waals surface area contributed by atoms with E-state index in [9.17, 15) is 4.79 Å². The van der Waals surface area contributed by atoms with Crippen molar-refractivity contribution in [3.8, 4) is 5.88 Å². The van der Waals surface area contributed by atoms with E-state index in [1.165, 1.54) is 6.07 Å². The average Bonchev–Trinajstić information content (AvgIpc) is 2.47. The lowest BCUT2D eigenvalue weighted by molar-refractivity contribution is 0.0697. The van der Waals surface area contributed by atoms with E-state index in [1.807, 2.05) is 13.0 Å². The second-order valence-electron chi connectivity index (χ2n) is 4.17. The summed E-state index contributed by atoms with van der Waals surface area (Å²) in [5.74, 6) is -0.204. The van der Waals surface area contributed by atoms with Crippen LogP contribution in [0.1, 0.15) is 28.9 Å². The van der Waals surface area contributed by atoms with Gasteiger partial charge in [0.05, 0.1) is 13.2 Å². The maximum Gasteiger partial charge on any atom is 0.339 e. The third kappa shape index (κ3) is 2.85. The molecule has 0 saturated carbocycles. The number of anilines is 1. The molecular weight excluding hydrogens is 258 g/mol. The van der Waals surface area contributed by atoms with Crippen LogP contribution in [0.2, 0.25) is 0 Å². The van der Waals surface area contributed by atoms with Crippen LogP contribution in [0, 0.1) is 0 Å². The van der Waals surface area contributed by atoms with E-state index < -0.39 is 5.97 Å². The van der Waals surface area contributed by atoms with Crippen LogP contribution in [-0.2, 0) is 0 Å². The van der Waals surface area contributed by atoms with E-state index in [4.69, 9.17) is 9.84 Å². The highest BCUT2D eigenvalue weighted by atomic mass is 16.5. The highest BCUT2D eigenvalue weighted by Gasteiger charge is 2.16. The van der Waals surface area contributed by atoms with Crippen molar-refractivity contribution in [2.75, 3.05) is 12.4 Å². The normalized spacial score (nSPS) is 11.7. The lowest BCUT2D eigenvalue weighted by Gasteiger charge is -2.17. The molecule has 2 N–H and O–H groups in total.